The second-order valence-corrected chi connectivity index (χ2v) is 6.51. The van der Waals surface area contributed by atoms with Gasteiger partial charge in [-0.3, -0.25) is 9.59 Å². The third-order valence-corrected chi connectivity index (χ3v) is 4.14. The number of nitrogens with one attached hydrogen (secondary N) is 1. The van der Waals surface area contributed by atoms with E-state index in [0.717, 1.165) is 16.8 Å². The zero-order valence-electron chi connectivity index (χ0n) is 15.5. The van der Waals surface area contributed by atoms with Crippen molar-refractivity contribution in [1.29, 1.82) is 5.26 Å². The van der Waals surface area contributed by atoms with E-state index in [4.69, 9.17) is 5.26 Å². The molecule has 0 aliphatic heterocycles. The highest BCUT2D eigenvalue weighted by Crippen LogP contribution is 2.31. The van der Waals surface area contributed by atoms with E-state index in [9.17, 15) is 9.59 Å². The van der Waals surface area contributed by atoms with Crippen LogP contribution in [-0.4, -0.2) is 18.4 Å². The minimum atomic E-state index is -0.289. The molecule has 0 aromatic heterocycles. The zero-order valence-corrected chi connectivity index (χ0v) is 15.5. The molecule has 0 aliphatic rings. The highest BCUT2D eigenvalue weighted by molar-refractivity contribution is 6.02. The van der Waals surface area contributed by atoms with Crippen molar-refractivity contribution in [1.82, 2.24) is 0 Å². The van der Waals surface area contributed by atoms with Gasteiger partial charge in [-0.1, -0.05) is 32.0 Å². The first-order chi connectivity index (χ1) is 12.3. The summed E-state index contributed by atoms with van der Waals surface area (Å²) < 4.78 is 0. The molecule has 0 aliphatic carbocycles. The van der Waals surface area contributed by atoms with Crippen LogP contribution in [0.5, 0.6) is 0 Å². The molecule has 5 nitrogen and oxygen atoms in total. The lowest BCUT2D eigenvalue weighted by atomic mass is 9.97. The Morgan fingerprint density at radius 2 is 1.81 bits per heavy atom. The first-order valence-electron chi connectivity index (χ1n) is 8.51. The van der Waals surface area contributed by atoms with Crippen molar-refractivity contribution >= 4 is 23.2 Å². The molecule has 0 unspecified atom stereocenters. The largest absolute Gasteiger partial charge is 0.325 e. The average Bonchev–Trinajstić information content (AvgIpc) is 2.60. The predicted octanol–water partition coefficient (Wildman–Crippen LogP) is 3.98. The Bertz CT molecular complexity index is 849. The van der Waals surface area contributed by atoms with Gasteiger partial charge in [-0.05, 0) is 48.2 Å². The van der Waals surface area contributed by atoms with Gasteiger partial charge < -0.3 is 10.2 Å². The summed E-state index contributed by atoms with van der Waals surface area (Å²) in [5, 5.41) is 11.6. The molecule has 0 radical (unpaired) electrons. The molecule has 0 saturated heterocycles. The van der Waals surface area contributed by atoms with Crippen LogP contribution in [0.1, 0.15) is 43.4 Å². The van der Waals surface area contributed by atoms with Crippen LogP contribution in [0.2, 0.25) is 0 Å². The van der Waals surface area contributed by atoms with Crippen LogP contribution in [0.15, 0.2) is 42.5 Å². The summed E-state index contributed by atoms with van der Waals surface area (Å²) in [6.45, 7) is 7.46. The Morgan fingerprint density at radius 3 is 2.35 bits per heavy atom. The summed E-state index contributed by atoms with van der Waals surface area (Å²) >= 11 is 0. The standard InChI is InChI=1S/C21H23N3O2/c1-14(2)19-7-5-6-15(3)21(19)24(16(4)25)13-20(26)23-18-10-8-17(12-22)9-11-18/h5-11,14H,13H2,1-4H3,(H,23,26). The van der Waals surface area contributed by atoms with E-state index in [2.05, 4.69) is 19.2 Å². The highest BCUT2D eigenvalue weighted by atomic mass is 16.2. The topological polar surface area (TPSA) is 73.2 Å². The summed E-state index contributed by atoms with van der Waals surface area (Å²) in [4.78, 5) is 26.2. The minimum Gasteiger partial charge on any atom is -0.325 e. The molecule has 134 valence electrons. The second kappa shape index (κ2) is 8.30. The van der Waals surface area contributed by atoms with Gasteiger partial charge in [-0.15, -0.1) is 0 Å². The SMILES string of the molecule is CC(=O)N(CC(=O)Nc1ccc(C#N)cc1)c1c(C)cccc1C(C)C. The lowest BCUT2D eigenvalue weighted by Gasteiger charge is -2.27. The fourth-order valence-electron chi connectivity index (χ4n) is 2.84. The van der Waals surface area contributed by atoms with Crippen molar-refractivity contribution < 1.29 is 9.59 Å². The van der Waals surface area contributed by atoms with Gasteiger partial charge in [0.1, 0.15) is 6.54 Å². The lowest BCUT2D eigenvalue weighted by Crippen LogP contribution is -2.37. The summed E-state index contributed by atoms with van der Waals surface area (Å²) in [6, 6.07) is 14.5. The average molecular weight is 349 g/mol. The Kier molecular flexibility index (Phi) is 6.13. The first kappa shape index (κ1) is 19.2. The van der Waals surface area contributed by atoms with Gasteiger partial charge in [-0.2, -0.15) is 5.26 Å². The van der Waals surface area contributed by atoms with Gasteiger partial charge in [0, 0.05) is 12.6 Å². The van der Waals surface area contributed by atoms with Crippen molar-refractivity contribution in [2.45, 2.75) is 33.6 Å². The maximum atomic E-state index is 12.5. The lowest BCUT2D eigenvalue weighted by molar-refractivity contribution is -0.120. The molecule has 2 rings (SSSR count). The van der Waals surface area contributed by atoms with Crippen molar-refractivity contribution in [3.63, 3.8) is 0 Å². The number of nitriles is 1. The van der Waals surface area contributed by atoms with Crippen LogP contribution in [0.25, 0.3) is 0 Å². The van der Waals surface area contributed by atoms with Crippen molar-refractivity contribution in [2.24, 2.45) is 0 Å². The van der Waals surface area contributed by atoms with Gasteiger partial charge in [0.15, 0.2) is 0 Å². The number of hydrogen-bond donors (Lipinski definition) is 1. The van der Waals surface area contributed by atoms with Crippen LogP contribution in [0, 0.1) is 18.3 Å². The molecule has 0 saturated carbocycles. The molecule has 2 aromatic carbocycles. The van der Waals surface area contributed by atoms with E-state index in [1.807, 2.05) is 31.2 Å². The molecule has 2 amide bonds. The van der Waals surface area contributed by atoms with Crippen LogP contribution in [0.3, 0.4) is 0 Å². The molecule has 2 aromatic rings. The molecular formula is C21H23N3O2. The van der Waals surface area contributed by atoms with Gasteiger partial charge >= 0.3 is 0 Å². The number of carbonyl (C=O) groups excluding carboxylic acids is 2. The van der Waals surface area contributed by atoms with Crippen LogP contribution < -0.4 is 10.2 Å². The molecule has 0 atom stereocenters. The molecule has 0 heterocycles. The van der Waals surface area contributed by atoms with Gasteiger partial charge in [0.2, 0.25) is 11.8 Å². The molecular weight excluding hydrogens is 326 g/mol. The maximum Gasteiger partial charge on any atom is 0.244 e. The predicted molar refractivity (Wildman–Crippen MR) is 103 cm³/mol. The molecule has 5 heteroatoms. The van der Waals surface area contributed by atoms with Crippen LogP contribution in [-0.2, 0) is 9.59 Å². The van der Waals surface area contributed by atoms with Crippen molar-refractivity contribution in [3.8, 4) is 6.07 Å². The summed E-state index contributed by atoms with van der Waals surface area (Å²) in [5.74, 6) is -0.243. The number of benzene rings is 2. The Balaban J connectivity index is 2.25. The maximum absolute atomic E-state index is 12.5. The van der Waals surface area contributed by atoms with Crippen LogP contribution in [0.4, 0.5) is 11.4 Å². The number of rotatable bonds is 5. The zero-order chi connectivity index (χ0) is 19.3. The van der Waals surface area contributed by atoms with E-state index < -0.39 is 0 Å². The first-order valence-corrected chi connectivity index (χ1v) is 8.51. The Labute approximate surface area is 154 Å². The van der Waals surface area contributed by atoms with E-state index in [-0.39, 0.29) is 24.3 Å². The summed E-state index contributed by atoms with van der Waals surface area (Å²) in [7, 11) is 0. The van der Waals surface area contributed by atoms with E-state index >= 15 is 0 Å². The van der Waals surface area contributed by atoms with E-state index in [1.54, 1.807) is 24.3 Å². The van der Waals surface area contributed by atoms with Gasteiger partial charge in [0.05, 0.1) is 17.3 Å². The third kappa shape index (κ3) is 4.48. The molecule has 0 bridgehead atoms. The number of aryl methyl sites for hydroxylation is 1. The highest BCUT2D eigenvalue weighted by Gasteiger charge is 2.21. The number of anilines is 2. The minimum absolute atomic E-state index is 0.0695. The quantitative estimate of drug-likeness (QED) is 0.887. The summed E-state index contributed by atoms with van der Waals surface area (Å²) in [5.41, 5.74) is 3.90. The van der Waals surface area contributed by atoms with E-state index in [0.29, 0.717) is 11.3 Å². The van der Waals surface area contributed by atoms with Gasteiger partial charge in [0.25, 0.3) is 0 Å². The third-order valence-electron chi connectivity index (χ3n) is 4.14. The van der Waals surface area contributed by atoms with Gasteiger partial charge in [-0.25, -0.2) is 0 Å². The molecule has 26 heavy (non-hydrogen) atoms. The molecule has 0 fully saturated rings. The second-order valence-electron chi connectivity index (χ2n) is 6.51. The number of amides is 2. The molecule has 0 spiro atoms. The smallest absolute Gasteiger partial charge is 0.244 e. The number of para-hydroxylation sites is 1. The fourth-order valence-corrected chi connectivity index (χ4v) is 2.84. The number of nitrogens with zero attached hydrogens (tertiary/aromatic N) is 2. The summed E-state index contributed by atoms with van der Waals surface area (Å²) in [6.07, 6.45) is 0. The number of carbonyl (C=O) groups is 2. The van der Waals surface area contributed by atoms with Crippen molar-refractivity contribution in [3.05, 3.63) is 59.2 Å². The van der Waals surface area contributed by atoms with Crippen molar-refractivity contribution in [2.75, 3.05) is 16.8 Å². The molecule has 1 N–H and O–H groups in total. The normalized spacial score (nSPS) is 10.3. The Morgan fingerprint density at radius 1 is 1.15 bits per heavy atom. The van der Waals surface area contributed by atoms with Crippen LogP contribution >= 0.6 is 0 Å². The number of hydrogen-bond acceptors (Lipinski definition) is 3. The van der Waals surface area contributed by atoms with E-state index in [1.165, 1.54) is 11.8 Å². The monoisotopic (exact) mass is 349 g/mol. The fraction of sp³-hybridized carbons (Fsp3) is 0.286. The Hall–Kier alpha value is -3.13.